The van der Waals surface area contributed by atoms with Gasteiger partial charge in [-0.3, -0.25) is 4.90 Å². The maximum Gasteiger partial charge on any atom is 0.186 e. The van der Waals surface area contributed by atoms with Crippen molar-refractivity contribution < 1.29 is 4.39 Å². The van der Waals surface area contributed by atoms with Crippen LogP contribution in [0.5, 0.6) is 0 Å². The molecule has 0 amide bonds. The summed E-state index contributed by atoms with van der Waals surface area (Å²) in [5.74, 6) is 0.566. The van der Waals surface area contributed by atoms with Gasteiger partial charge in [0.05, 0.1) is 5.69 Å². The fourth-order valence-corrected chi connectivity index (χ4v) is 2.84. The van der Waals surface area contributed by atoms with E-state index in [0.717, 1.165) is 19.6 Å². The highest BCUT2D eigenvalue weighted by Crippen LogP contribution is 2.19. The second kappa shape index (κ2) is 6.97. The van der Waals surface area contributed by atoms with Gasteiger partial charge in [0, 0.05) is 12.6 Å². The average molecular weight is 280 g/mol. The summed E-state index contributed by atoms with van der Waals surface area (Å²) in [5.41, 5.74) is 0.477. The van der Waals surface area contributed by atoms with Gasteiger partial charge in [-0.15, -0.1) is 0 Å². The molecule has 1 aromatic rings. The first-order valence-corrected chi connectivity index (χ1v) is 7.60. The molecule has 112 valence electrons. The standard InChI is InChI=1S/C15H25FN4/c1-4-12-14(16)15(19-10-18-12)17-9-13(11(2)3)20-7-5-6-8-20/h10-11,13H,4-9H2,1-3H3,(H,17,18,19). The summed E-state index contributed by atoms with van der Waals surface area (Å²) in [5, 5.41) is 3.18. The lowest BCUT2D eigenvalue weighted by molar-refractivity contribution is 0.201. The highest BCUT2D eigenvalue weighted by atomic mass is 19.1. The number of hydrogen-bond acceptors (Lipinski definition) is 4. The van der Waals surface area contributed by atoms with Gasteiger partial charge in [0.25, 0.3) is 0 Å². The summed E-state index contributed by atoms with van der Waals surface area (Å²) in [6, 6.07) is 0.428. The van der Waals surface area contributed by atoms with Gasteiger partial charge in [-0.25, -0.2) is 14.4 Å². The fraction of sp³-hybridized carbons (Fsp3) is 0.733. The Labute approximate surface area is 120 Å². The van der Waals surface area contributed by atoms with Gasteiger partial charge < -0.3 is 5.32 Å². The lowest BCUT2D eigenvalue weighted by Crippen LogP contribution is -2.42. The molecule has 0 aromatic carbocycles. The average Bonchev–Trinajstić information content (AvgIpc) is 2.94. The van der Waals surface area contributed by atoms with Crippen molar-refractivity contribution in [1.82, 2.24) is 14.9 Å². The maximum atomic E-state index is 14.1. The second-order valence-corrected chi connectivity index (χ2v) is 5.77. The molecule has 0 spiro atoms. The molecule has 4 nitrogen and oxygen atoms in total. The molecule has 1 N–H and O–H groups in total. The van der Waals surface area contributed by atoms with Crippen molar-refractivity contribution in [2.45, 2.75) is 46.1 Å². The monoisotopic (exact) mass is 280 g/mol. The van der Waals surface area contributed by atoms with Crippen LogP contribution >= 0.6 is 0 Å². The third kappa shape index (κ3) is 3.45. The van der Waals surface area contributed by atoms with Gasteiger partial charge in [-0.1, -0.05) is 20.8 Å². The Morgan fingerprint density at radius 2 is 2.00 bits per heavy atom. The Kier molecular flexibility index (Phi) is 5.29. The topological polar surface area (TPSA) is 41.1 Å². The van der Waals surface area contributed by atoms with E-state index < -0.39 is 0 Å². The van der Waals surface area contributed by atoms with E-state index in [1.807, 2.05) is 6.92 Å². The van der Waals surface area contributed by atoms with Crippen LogP contribution in [-0.4, -0.2) is 40.5 Å². The normalized spacial score (nSPS) is 17.6. The van der Waals surface area contributed by atoms with Crippen LogP contribution in [0.15, 0.2) is 6.33 Å². The molecular formula is C15H25FN4. The van der Waals surface area contributed by atoms with E-state index in [1.54, 1.807) is 0 Å². The van der Waals surface area contributed by atoms with Crippen molar-refractivity contribution in [3.05, 3.63) is 17.8 Å². The zero-order valence-corrected chi connectivity index (χ0v) is 12.7. The summed E-state index contributed by atoms with van der Waals surface area (Å²) in [6.07, 6.45) is 4.56. The van der Waals surface area contributed by atoms with Crippen molar-refractivity contribution in [3.8, 4) is 0 Å². The predicted molar refractivity (Wildman–Crippen MR) is 79.3 cm³/mol. The number of nitrogens with zero attached hydrogens (tertiary/aromatic N) is 3. The van der Waals surface area contributed by atoms with Crippen molar-refractivity contribution >= 4 is 5.82 Å². The van der Waals surface area contributed by atoms with Gasteiger partial charge >= 0.3 is 0 Å². The van der Waals surface area contributed by atoms with E-state index in [9.17, 15) is 4.39 Å². The molecule has 2 rings (SSSR count). The van der Waals surface area contributed by atoms with Gasteiger partial charge in [-0.2, -0.15) is 0 Å². The number of nitrogens with one attached hydrogen (secondary N) is 1. The van der Waals surface area contributed by atoms with Crippen LogP contribution in [0.25, 0.3) is 0 Å². The zero-order chi connectivity index (χ0) is 14.5. The van der Waals surface area contributed by atoms with E-state index in [2.05, 4.69) is 34.0 Å². The Morgan fingerprint density at radius 3 is 2.60 bits per heavy atom. The number of aryl methyl sites for hydroxylation is 1. The molecule has 1 atom stereocenters. The molecule has 1 aromatic heterocycles. The molecular weight excluding hydrogens is 255 g/mol. The van der Waals surface area contributed by atoms with Crippen molar-refractivity contribution in [2.24, 2.45) is 5.92 Å². The molecule has 5 heteroatoms. The third-order valence-electron chi connectivity index (χ3n) is 4.05. The van der Waals surface area contributed by atoms with Gasteiger partial charge in [0.1, 0.15) is 6.33 Å². The van der Waals surface area contributed by atoms with Crippen LogP contribution in [0.1, 0.15) is 39.3 Å². The molecule has 1 unspecified atom stereocenters. The number of hydrogen-bond donors (Lipinski definition) is 1. The molecule has 1 saturated heterocycles. The van der Waals surface area contributed by atoms with E-state index in [1.165, 1.54) is 19.2 Å². The molecule has 1 aliphatic heterocycles. The molecule has 0 bridgehead atoms. The number of halogens is 1. The first-order chi connectivity index (χ1) is 9.63. The Hall–Kier alpha value is -1.23. The fourth-order valence-electron chi connectivity index (χ4n) is 2.84. The van der Waals surface area contributed by atoms with Crippen LogP contribution in [0.2, 0.25) is 0 Å². The predicted octanol–water partition coefficient (Wildman–Crippen LogP) is 2.71. The highest BCUT2D eigenvalue weighted by molar-refractivity contribution is 5.37. The maximum absolute atomic E-state index is 14.1. The van der Waals surface area contributed by atoms with E-state index >= 15 is 0 Å². The van der Waals surface area contributed by atoms with E-state index in [-0.39, 0.29) is 5.82 Å². The Morgan fingerprint density at radius 1 is 1.30 bits per heavy atom. The third-order valence-corrected chi connectivity index (χ3v) is 4.05. The summed E-state index contributed by atoms with van der Waals surface area (Å²) in [7, 11) is 0. The van der Waals surface area contributed by atoms with Crippen molar-refractivity contribution in [3.63, 3.8) is 0 Å². The van der Waals surface area contributed by atoms with Gasteiger partial charge in [-0.05, 0) is 38.3 Å². The van der Waals surface area contributed by atoms with Crippen molar-refractivity contribution in [2.75, 3.05) is 25.0 Å². The summed E-state index contributed by atoms with van der Waals surface area (Å²) in [6.45, 7) is 9.37. The molecule has 0 radical (unpaired) electrons. The smallest absolute Gasteiger partial charge is 0.186 e. The van der Waals surface area contributed by atoms with Crippen LogP contribution < -0.4 is 5.32 Å². The van der Waals surface area contributed by atoms with Crippen molar-refractivity contribution in [1.29, 1.82) is 0 Å². The molecule has 20 heavy (non-hydrogen) atoms. The summed E-state index contributed by atoms with van der Waals surface area (Å²) >= 11 is 0. The molecule has 0 saturated carbocycles. The molecule has 1 aliphatic rings. The lowest BCUT2D eigenvalue weighted by atomic mass is 10.0. The van der Waals surface area contributed by atoms with Crippen LogP contribution in [0, 0.1) is 11.7 Å². The van der Waals surface area contributed by atoms with E-state index in [4.69, 9.17) is 0 Å². The van der Waals surface area contributed by atoms with Crippen LogP contribution in [0.3, 0.4) is 0 Å². The van der Waals surface area contributed by atoms with Crippen LogP contribution in [-0.2, 0) is 6.42 Å². The quantitative estimate of drug-likeness (QED) is 0.870. The zero-order valence-electron chi connectivity index (χ0n) is 12.7. The Balaban J connectivity index is 2.02. The van der Waals surface area contributed by atoms with Gasteiger partial charge in [0.2, 0.25) is 0 Å². The number of anilines is 1. The molecule has 2 heterocycles. The first-order valence-electron chi connectivity index (χ1n) is 7.60. The number of rotatable bonds is 6. The molecule has 1 fully saturated rings. The number of aromatic nitrogens is 2. The first kappa shape index (κ1) is 15.2. The minimum atomic E-state index is -0.307. The molecule has 0 aliphatic carbocycles. The largest absolute Gasteiger partial charge is 0.366 e. The lowest BCUT2D eigenvalue weighted by Gasteiger charge is -2.31. The Bertz CT molecular complexity index is 430. The number of likely N-dealkylation sites (tertiary alicyclic amines) is 1. The van der Waals surface area contributed by atoms with Crippen LogP contribution in [0.4, 0.5) is 10.2 Å². The minimum Gasteiger partial charge on any atom is -0.366 e. The van der Waals surface area contributed by atoms with E-state index in [0.29, 0.717) is 29.9 Å². The summed E-state index contributed by atoms with van der Waals surface area (Å²) < 4.78 is 14.1. The SMILES string of the molecule is CCc1ncnc(NCC(C(C)C)N2CCCC2)c1F. The minimum absolute atomic E-state index is 0.307. The second-order valence-electron chi connectivity index (χ2n) is 5.77. The highest BCUT2D eigenvalue weighted by Gasteiger charge is 2.24. The summed E-state index contributed by atoms with van der Waals surface area (Å²) in [4.78, 5) is 10.5. The van der Waals surface area contributed by atoms with Gasteiger partial charge in [0.15, 0.2) is 11.6 Å².